The number of furan rings is 1. The molecule has 0 aliphatic heterocycles. The van der Waals surface area contributed by atoms with Crippen LogP contribution in [0.2, 0.25) is 0 Å². The molecule has 0 amide bonds. The minimum absolute atomic E-state index is 0.0711. The van der Waals surface area contributed by atoms with E-state index in [9.17, 15) is 8.42 Å². The first-order chi connectivity index (χ1) is 9.12. The van der Waals surface area contributed by atoms with E-state index in [4.69, 9.17) is 4.42 Å². The molecule has 0 aliphatic carbocycles. The third-order valence-corrected chi connectivity index (χ3v) is 3.78. The third-order valence-electron chi connectivity index (χ3n) is 2.45. The topological polar surface area (TPSA) is 89.2 Å². The molecule has 2 N–H and O–H groups in total. The van der Waals surface area contributed by atoms with Gasteiger partial charge in [0.15, 0.2) is 0 Å². The summed E-state index contributed by atoms with van der Waals surface area (Å²) in [4.78, 5) is 0. The van der Waals surface area contributed by atoms with Crippen LogP contribution in [0, 0.1) is 0 Å². The van der Waals surface area contributed by atoms with Gasteiger partial charge in [0.2, 0.25) is 5.09 Å². The van der Waals surface area contributed by atoms with Gasteiger partial charge in [0, 0.05) is 18.9 Å². The fraction of sp³-hybridized carbons (Fsp3) is 0.364. The highest BCUT2D eigenvalue weighted by molar-refractivity contribution is 7.89. The van der Waals surface area contributed by atoms with Crippen molar-refractivity contribution in [2.24, 2.45) is 0 Å². The minimum atomic E-state index is -3.60. The van der Waals surface area contributed by atoms with E-state index in [0.29, 0.717) is 18.8 Å². The van der Waals surface area contributed by atoms with Crippen LogP contribution in [0.15, 0.2) is 40.1 Å². The van der Waals surface area contributed by atoms with Gasteiger partial charge in [-0.2, -0.15) is 5.10 Å². The van der Waals surface area contributed by atoms with Crippen LogP contribution in [0.25, 0.3) is 0 Å². The number of hydrogen-bond donors (Lipinski definition) is 2. The summed E-state index contributed by atoms with van der Waals surface area (Å²) < 4.78 is 33.2. The SMILES string of the molecule is CNCc1ccc(S(=O)(=O)NCCn2cccn2)o1. The van der Waals surface area contributed by atoms with Crippen molar-refractivity contribution in [2.45, 2.75) is 18.2 Å². The Hall–Kier alpha value is -1.64. The van der Waals surface area contributed by atoms with E-state index in [0.717, 1.165) is 0 Å². The molecule has 0 saturated carbocycles. The summed E-state index contributed by atoms with van der Waals surface area (Å²) in [6.07, 6.45) is 3.41. The van der Waals surface area contributed by atoms with Crippen molar-refractivity contribution < 1.29 is 12.8 Å². The summed E-state index contributed by atoms with van der Waals surface area (Å²) in [5, 5.41) is 6.81. The summed E-state index contributed by atoms with van der Waals surface area (Å²) in [5.41, 5.74) is 0. The lowest BCUT2D eigenvalue weighted by Crippen LogP contribution is -2.27. The van der Waals surface area contributed by atoms with E-state index in [1.165, 1.54) is 6.07 Å². The van der Waals surface area contributed by atoms with Gasteiger partial charge >= 0.3 is 0 Å². The quantitative estimate of drug-likeness (QED) is 0.757. The molecule has 0 bridgehead atoms. The maximum absolute atomic E-state index is 11.9. The lowest BCUT2D eigenvalue weighted by molar-refractivity contribution is 0.404. The second-order valence-electron chi connectivity index (χ2n) is 3.92. The van der Waals surface area contributed by atoms with Crippen molar-refractivity contribution in [1.82, 2.24) is 19.8 Å². The van der Waals surface area contributed by atoms with Gasteiger partial charge in [0.05, 0.1) is 13.1 Å². The van der Waals surface area contributed by atoms with Gasteiger partial charge in [-0.25, -0.2) is 13.1 Å². The molecule has 2 aromatic heterocycles. The second-order valence-corrected chi connectivity index (χ2v) is 5.62. The summed E-state index contributed by atoms with van der Waals surface area (Å²) in [5.74, 6) is 0.579. The summed E-state index contributed by atoms with van der Waals surface area (Å²) in [6.45, 7) is 1.21. The van der Waals surface area contributed by atoms with Crippen LogP contribution in [-0.4, -0.2) is 31.8 Å². The van der Waals surface area contributed by atoms with Gasteiger partial charge in [-0.3, -0.25) is 4.68 Å². The fourth-order valence-corrected chi connectivity index (χ4v) is 2.54. The largest absolute Gasteiger partial charge is 0.447 e. The van der Waals surface area contributed by atoms with Crippen molar-refractivity contribution in [2.75, 3.05) is 13.6 Å². The number of sulfonamides is 1. The van der Waals surface area contributed by atoms with Crippen molar-refractivity contribution >= 4 is 10.0 Å². The van der Waals surface area contributed by atoms with E-state index in [2.05, 4.69) is 15.1 Å². The zero-order valence-corrected chi connectivity index (χ0v) is 11.4. The molecule has 7 nitrogen and oxygen atoms in total. The highest BCUT2D eigenvalue weighted by Crippen LogP contribution is 2.13. The fourth-order valence-electron chi connectivity index (χ4n) is 1.57. The molecule has 0 aromatic carbocycles. The van der Waals surface area contributed by atoms with E-state index < -0.39 is 10.0 Å². The Kier molecular flexibility index (Phi) is 4.35. The van der Waals surface area contributed by atoms with Crippen molar-refractivity contribution in [3.63, 3.8) is 0 Å². The van der Waals surface area contributed by atoms with Gasteiger partial charge < -0.3 is 9.73 Å². The monoisotopic (exact) mass is 284 g/mol. The van der Waals surface area contributed by atoms with Crippen LogP contribution in [0.5, 0.6) is 0 Å². The van der Waals surface area contributed by atoms with Crippen molar-refractivity contribution in [1.29, 1.82) is 0 Å². The molecule has 2 rings (SSSR count). The normalized spacial score (nSPS) is 11.8. The molecule has 2 heterocycles. The molecule has 0 spiro atoms. The maximum Gasteiger partial charge on any atom is 0.274 e. The first kappa shape index (κ1) is 13.8. The lowest BCUT2D eigenvalue weighted by Gasteiger charge is -2.04. The molecule has 8 heteroatoms. The Morgan fingerprint density at radius 3 is 2.95 bits per heavy atom. The highest BCUT2D eigenvalue weighted by atomic mass is 32.2. The molecule has 19 heavy (non-hydrogen) atoms. The zero-order chi connectivity index (χ0) is 13.7. The molecule has 0 radical (unpaired) electrons. The second kappa shape index (κ2) is 6.00. The number of hydrogen-bond acceptors (Lipinski definition) is 5. The number of nitrogens with zero attached hydrogens (tertiary/aromatic N) is 2. The molecule has 0 unspecified atom stereocenters. The predicted molar refractivity (Wildman–Crippen MR) is 68.9 cm³/mol. The van der Waals surface area contributed by atoms with Gasteiger partial charge in [-0.15, -0.1) is 0 Å². The van der Waals surface area contributed by atoms with Gasteiger partial charge in [0.1, 0.15) is 5.76 Å². The zero-order valence-electron chi connectivity index (χ0n) is 10.5. The Bertz CT molecular complexity index is 604. The van der Waals surface area contributed by atoms with Crippen LogP contribution < -0.4 is 10.0 Å². The summed E-state index contributed by atoms with van der Waals surface area (Å²) in [6, 6.07) is 4.87. The first-order valence-corrected chi connectivity index (χ1v) is 7.30. The van der Waals surface area contributed by atoms with Gasteiger partial charge in [-0.1, -0.05) is 0 Å². The smallest absolute Gasteiger partial charge is 0.274 e. The predicted octanol–water partition coefficient (Wildman–Crippen LogP) is 0.174. The van der Waals surface area contributed by atoms with Crippen LogP contribution >= 0.6 is 0 Å². The first-order valence-electron chi connectivity index (χ1n) is 5.82. The molecular weight excluding hydrogens is 268 g/mol. The van der Waals surface area contributed by atoms with Crippen LogP contribution in [0.1, 0.15) is 5.76 Å². The third kappa shape index (κ3) is 3.66. The van der Waals surface area contributed by atoms with Crippen molar-refractivity contribution in [3.05, 3.63) is 36.4 Å². The van der Waals surface area contributed by atoms with Crippen LogP contribution in [-0.2, 0) is 23.1 Å². The van der Waals surface area contributed by atoms with Crippen molar-refractivity contribution in [3.8, 4) is 0 Å². The standard InChI is InChI=1S/C11H16N4O3S/c1-12-9-10-3-4-11(18-10)19(16,17)14-6-8-15-7-2-5-13-15/h2-5,7,12,14H,6,8-9H2,1H3. The van der Waals surface area contributed by atoms with E-state index in [1.54, 1.807) is 36.3 Å². The molecule has 0 saturated heterocycles. The van der Waals surface area contributed by atoms with Gasteiger partial charge in [0.25, 0.3) is 10.0 Å². The summed E-state index contributed by atoms with van der Waals surface area (Å²) >= 11 is 0. The van der Waals surface area contributed by atoms with E-state index >= 15 is 0 Å². The molecule has 2 aromatic rings. The Labute approximate surface area is 111 Å². The lowest BCUT2D eigenvalue weighted by atomic mass is 10.4. The maximum atomic E-state index is 11.9. The molecular formula is C11H16N4O3S. The average Bonchev–Trinajstić information content (AvgIpc) is 3.00. The Morgan fingerprint density at radius 1 is 1.42 bits per heavy atom. The number of aromatic nitrogens is 2. The van der Waals surface area contributed by atoms with Gasteiger partial charge in [-0.05, 0) is 25.2 Å². The minimum Gasteiger partial charge on any atom is -0.447 e. The van der Waals surface area contributed by atoms with Crippen LogP contribution in [0.4, 0.5) is 0 Å². The van der Waals surface area contributed by atoms with E-state index in [-0.39, 0.29) is 11.6 Å². The number of nitrogens with one attached hydrogen (secondary N) is 2. The number of rotatable bonds is 7. The molecule has 0 fully saturated rings. The molecule has 0 atom stereocenters. The Morgan fingerprint density at radius 2 is 2.26 bits per heavy atom. The van der Waals surface area contributed by atoms with E-state index in [1.807, 2.05) is 0 Å². The highest BCUT2D eigenvalue weighted by Gasteiger charge is 2.17. The van der Waals surface area contributed by atoms with Crippen LogP contribution in [0.3, 0.4) is 0 Å². The molecule has 0 aliphatic rings. The molecule has 104 valence electrons. The average molecular weight is 284 g/mol. The Balaban J connectivity index is 1.93. The summed E-state index contributed by atoms with van der Waals surface area (Å²) in [7, 11) is -1.83.